The van der Waals surface area contributed by atoms with Crippen LogP contribution in [-0.2, 0) is 14.3 Å². The van der Waals surface area contributed by atoms with E-state index in [1.54, 1.807) is 12.0 Å². The molecule has 2 fully saturated rings. The molecule has 102 valence electrons. The van der Waals surface area contributed by atoms with Crippen molar-refractivity contribution in [3.05, 3.63) is 0 Å². The third-order valence-corrected chi connectivity index (χ3v) is 3.73. The highest BCUT2D eigenvalue weighted by molar-refractivity contribution is 5.83. The van der Waals surface area contributed by atoms with Gasteiger partial charge in [0.25, 0.3) is 0 Å². The lowest BCUT2D eigenvalue weighted by molar-refractivity contribution is -0.140. The zero-order valence-corrected chi connectivity index (χ0v) is 10.7. The van der Waals surface area contributed by atoms with Gasteiger partial charge in [-0.3, -0.25) is 4.79 Å². The fraction of sp³-hybridized carbons (Fsp3) is 0.833. The van der Waals surface area contributed by atoms with Crippen molar-refractivity contribution in [2.45, 2.75) is 19.3 Å². The summed E-state index contributed by atoms with van der Waals surface area (Å²) in [6.07, 6.45) is 2.56. The zero-order chi connectivity index (χ0) is 13.0. The van der Waals surface area contributed by atoms with Gasteiger partial charge in [-0.05, 0) is 12.8 Å². The Morgan fingerprint density at radius 3 is 2.83 bits per heavy atom. The summed E-state index contributed by atoms with van der Waals surface area (Å²) in [6.45, 7) is 2.51. The van der Waals surface area contributed by atoms with Crippen molar-refractivity contribution in [2.75, 3.05) is 40.0 Å². The zero-order valence-electron chi connectivity index (χ0n) is 10.7. The van der Waals surface area contributed by atoms with Gasteiger partial charge in [-0.25, -0.2) is 4.79 Å². The second-order valence-electron chi connectivity index (χ2n) is 4.92. The number of amides is 2. The topological polar surface area (TPSA) is 67.9 Å². The number of methoxy groups -OCH3 is 1. The molecule has 1 N–H and O–H groups in total. The number of nitrogens with zero attached hydrogens (tertiary/aromatic N) is 1. The fourth-order valence-corrected chi connectivity index (χ4v) is 2.44. The Labute approximate surface area is 107 Å². The average Bonchev–Trinajstić information content (AvgIpc) is 2.69. The second kappa shape index (κ2) is 5.56. The minimum atomic E-state index is -0.333. The van der Waals surface area contributed by atoms with Crippen LogP contribution in [0.3, 0.4) is 0 Å². The quantitative estimate of drug-likeness (QED) is 0.745. The lowest BCUT2D eigenvalue weighted by Crippen LogP contribution is -2.50. The summed E-state index contributed by atoms with van der Waals surface area (Å²) in [4.78, 5) is 24.9. The van der Waals surface area contributed by atoms with Crippen molar-refractivity contribution in [3.63, 3.8) is 0 Å². The molecule has 0 atom stereocenters. The molecule has 18 heavy (non-hydrogen) atoms. The molecule has 1 aliphatic heterocycles. The Bertz CT molecular complexity index is 328. The van der Waals surface area contributed by atoms with Crippen molar-refractivity contribution in [2.24, 2.45) is 5.41 Å². The van der Waals surface area contributed by atoms with Gasteiger partial charge < -0.3 is 19.7 Å². The van der Waals surface area contributed by atoms with Gasteiger partial charge in [0.15, 0.2) is 0 Å². The molecule has 1 saturated heterocycles. The average molecular weight is 256 g/mol. The monoisotopic (exact) mass is 256 g/mol. The van der Waals surface area contributed by atoms with Gasteiger partial charge in [0.05, 0.1) is 18.6 Å². The van der Waals surface area contributed by atoms with Crippen molar-refractivity contribution in [1.82, 2.24) is 10.2 Å². The van der Waals surface area contributed by atoms with Gasteiger partial charge in [0, 0.05) is 20.2 Å². The molecule has 0 aromatic rings. The van der Waals surface area contributed by atoms with E-state index in [0.29, 0.717) is 32.8 Å². The SMILES string of the molecule is COCC1(C(=O)NCCN2CCOC2=O)CCC1. The lowest BCUT2D eigenvalue weighted by atomic mass is 9.68. The van der Waals surface area contributed by atoms with Crippen LogP contribution >= 0.6 is 0 Å². The predicted molar refractivity (Wildman–Crippen MR) is 64.1 cm³/mol. The highest BCUT2D eigenvalue weighted by atomic mass is 16.6. The number of ether oxygens (including phenoxy) is 2. The van der Waals surface area contributed by atoms with E-state index in [0.717, 1.165) is 19.3 Å². The van der Waals surface area contributed by atoms with Crippen LogP contribution in [0.2, 0.25) is 0 Å². The molecule has 6 nitrogen and oxygen atoms in total. The fourth-order valence-electron chi connectivity index (χ4n) is 2.44. The van der Waals surface area contributed by atoms with Crippen molar-refractivity contribution in [1.29, 1.82) is 0 Å². The number of carbonyl (C=O) groups is 2. The molecule has 0 radical (unpaired) electrons. The van der Waals surface area contributed by atoms with Crippen LogP contribution in [0.25, 0.3) is 0 Å². The number of cyclic esters (lactones) is 1. The standard InChI is InChI=1S/C12H20N2O4/c1-17-9-12(3-2-4-12)10(15)13-5-6-14-7-8-18-11(14)16/h2-9H2,1H3,(H,13,15). The molecule has 1 heterocycles. The van der Waals surface area contributed by atoms with Crippen molar-refractivity contribution >= 4 is 12.0 Å². The summed E-state index contributed by atoms with van der Waals surface area (Å²) in [6, 6.07) is 0. The minimum Gasteiger partial charge on any atom is -0.448 e. The van der Waals surface area contributed by atoms with Gasteiger partial charge in [0.2, 0.25) is 5.91 Å². The molecular weight excluding hydrogens is 236 g/mol. The van der Waals surface area contributed by atoms with E-state index in [1.165, 1.54) is 0 Å². The van der Waals surface area contributed by atoms with Gasteiger partial charge in [0.1, 0.15) is 6.61 Å². The first-order valence-electron chi connectivity index (χ1n) is 6.37. The second-order valence-corrected chi connectivity index (χ2v) is 4.92. The van der Waals surface area contributed by atoms with E-state index in [1.807, 2.05) is 0 Å². The summed E-state index contributed by atoms with van der Waals surface area (Å²) in [5.41, 5.74) is -0.333. The van der Waals surface area contributed by atoms with Gasteiger partial charge >= 0.3 is 6.09 Å². The van der Waals surface area contributed by atoms with Gasteiger partial charge in [-0.2, -0.15) is 0 Å². The first kappa shape index (κ1) is 13.1. The number of hydrogen-bond acceptors (Lipinski definition) is 4. The molecule has 6 heteroatoms. The normalized spacial score (nSPS) is 21.4. The Hall–Kier alpha value is -1.30. The summed E-state index contributed by atoms with van der Waals surface area (Å²) in [5, 5.41) is 2.89. The van der Waals surface area contributed by atoms with E-state index in [-0.39, 0.29) is 17.4 Å². The number of hydrogen-bond donors (Lipinski definition) is 1. The van der Waals surface area contributed by atoms with Crippen LogP contribution < -0.4 is 5.32 Å². The molecule has 0 aromatic carbocycles. The van der Waals surface area contributed by atoms with Gasteiger partial charge in [-0.15, -0.1) is 0 Å². The maximum atomic E-state index is 12.1. The summed E-state index contributed by atoms with van der Waals surface area (Å²) in [5.74, 6) is 0.0446. The van der Waals surface area contributed by atoms with Gasteiger partial charge in [-0.1, -0.05) is 6.42 Å². The molecule has 0 unspecified atom stereocenters. The molecule has 1 saturated carbocycles. The summed E-state index contributed by atoms with van der Waals surface area (Å²) < 4.78 is 9.94. The maximum absolute atomic E-state index is 12.1. The number of rotatable bonds is 6. The highest BCUT2D eigenvalue weighted by Crippen LogP contribution is 2.41. The van der Waals surface area contributed by atoms with E-state index in [2.05, 4.69) is 5.32 Å². The molecule has 0 aromatic heterocycles. The first-order valence-corrected chi connectivity index (χ1v) is 6.37. The smallest absolute Gasteiger partial charge is 0.409 e. The third kappa shape index (κ3) is 2.58. The molecule has 2 aliphatic rings. The van der Waals surface area contributed by atoms with E-state index in [9.17, 15) is 9.59 Å². The Morgan fingerprint density at radius 1 is 1.56 bits per heavy atom. The molecule has 2 amide bonds. The van der Waals surface area contributed by atoms with E-state index in [4.69, 9.17) is 9.47 Å². The number of nitrogens with one attached hydrogen (secondary N) is 1. The lowest BCUT2D eigenvalue weighted by Gasteiger charge is -2.39. The minimum absolute atomic E-state index is 0.0446. The van der Waals surface area contributed by atoms with Crippen LogP contribution in [-0.4, -0.2) is 56.9 Å². The number of carbonyl (C=O) groups excluding carboxylic acids is 2. The third-order valence-electron chi connectivity index (χ3n) is 3.73. The summed E-state index contributed by atoms with van der Waals surface area (Å²) >= 11 is 0. The van der Waals surface area contributed by atoms with Crippen LogP contribution in [0, 0.1) is 5.41 Å². The van der Waals surface area contributed by atoms with E-state index >= 15 is 0 Å². The maximum Gasteiger partial charge on any atom is 0.409 e. The van der Waals surface area contributed by atoms with Crippen molar-refractivity contribution < 1.29 is 19.1 Å². The van der Waals surface area contributed by atoms with Crippen LogP contribution in [0.4, 0.5) is 4.79 Å². The molecule has 1 aliphatic carbocycles. The van der Waals surface area contributed by atoms with Crippen molar-refractivity contribution in [3.8, 4) is 0 Å². The summed E-state index contributed by atoms with van der Waals surface area (Å²) in [7, 11) is 1.62. The van der Waals surface area contributed by atoms with Crippen LogP contribution in [0.1, 0.15) is 19.3 Å². The first-order chi connectivity index (χ1) is 8.68. The predicted octanol–water partition coefficient (Wildman–Crippen LogP) is 0.371. The molecule has 0 spiro atoms. The molecular formula is C12H20N2O4. The molecule has 0 bridgehead atoms. The van der Waals surface area contributed by atoms with E-state index < -0.39 is 0 Å². The Balaban J connectivity index is 1.72. The largest absolute Gasteiger partial charge is 0.448 e. The highest BCUT2D eigenvalue weighted by Gasteiger charge is 2.44. The Morgan fingerprint density at radius 2 is 2.33 bits per heavy atom. The Kier molecular flexibility index (Phi) is 4.06. The van der Waals surface area contributed by atoms with Crippen LogP contribution in [0.15, 0.2) is 0 Å². The molecule has 2 rings (SSSR count). The van der Waals surface area contributed by atoms with Crippen LogP contribution in [0.5, 0.6) is 0 Å².